The van der Waals surface area contributed by atoms with Gasteiger partial charge < -0.3 is 44.3 Å². The van der Waals surface area contributed by atoms with E-state index in [-0.39, 0.29) is 38.0 Å². The van der Waals surface area contributed by atoms with Crippen molar-refractivity contribution >= 4 is 22.9 Å². The van der Waals surface area contributed by atoms with E-state index in [2.05, 4.69) is 20.3 Å². The zero-order chi connectivity index (χ0) is 40.6. The third-order valence-electron chi connectivity index (χ3n) is 10.8. The van der Waals surface area contributed by atoms with Crippen molar-refractivity contribution in [1.29, 1.82) is 0 Å². The first-order valence-corrected chi connectivity index (χ1v) is 19.7. The molecule has 0 bridgehead atoms. The van der Waals surface area contributed by atoms with E-state index in [0.29, 0.717) is 23.3 Å². The van der Waals surface area contributed by atoms with Gasteiger partial charge in [0.05, 0.1) is 51.6 Å². The van der Waals surface area contributed by atoms with Crippen LogP contribution in [0.25, 0.3) is 11.2 Å². The molecule has 4 aromatic carbocycles. The monoisotopic (exact) mass is 801 g/mol. The molecular formula is C45H47N5O9. The molecule has 2 fully saturated rings. The van der Waals surface area contributed by atoms with E-state index < -0.39 is 61.5 Å². The van der Waals surface area contributed by atoms with Gasteiger partial charge in [-0.05, 0) is 35.2 Å². The van der Waals surface area contributed by atoms with Crippen LogP contribution in [0.3, 0.4) is 0 Å². The lowest BCUT2D eigenvalue weighted by atomic mass is 9.85. The van der Waals surface area contributed by atoms with Gasteiger partial charge in [0, 0.05) is 11.5 Å². The number of nitrogens with zero attached hydrogens (tertiary/aromatic N) is 4. The number of hydrogen-bond donors (Lipinski definition) is 4. The molecule has 1 amide bonds. The van der Waals surface area contributed by atoms with Gasteiger partial charge in [-0.15, -0.1) is 0 Å². The van der Waals surface area contributed by atoms with E-state index >= 15 is 0 Å². The Kier molecular flexibility index (Phi) is 13.1. The van der Waals surface area contributed by atoms with E-state index in [9.17, 15) is 20.1 Å². The molecule has 14 heteroatoms. The van der Waals surface area contributed by atoms with Crippen molar-refractivity contribution < 1.29 is 43.8 Å². The molecule has 2 aliphatic heterocycles. The summed E-state index contributed by atoms with van der Waals surface area (Å²) in [6, 6.07) is 37.9. The lowest BCUT2D eigenvalue weighted by Gasteiger charge is -2.45. The Morgan fingerprint density at radius 2 is 1.27 bits per heavy atom. The molecule has 2 aliphatic rings. The minimum atomic E-state index is -1.20. The van der Waals surface area contributed by atoms with E-state index in [0.717, 1.165) is 16.7 Å². The van der Waals surface area contributed by atoms with E-state index in [4.69, 9.17) is 23.7 Å². The fourth-order valence-electron chi connectivity index (χ4n) is 7.78. The van der Waals surface area contributed by atoms with E-state index in [1.807, 2.05) is 97.1 Å². The quantitative estimate of drug-likeness (QED) is 0.105. The summed E-state index contributed by atoms with van der Waals surface area (Å²) in [5.74, 6) is -0.884. The molecule has 0 spiro atoms. The summed E-state index contributed by atoms with van der Waals surface area (Å²) in [4.78, 5) is 26.1. The Hall–Kier alpha value is -5.42. The summed E-state index contributed by atoms with van der Waals surface area (Å²) < 4.78 is 33.9. The highest BCUT2D eigenvalue weighted by atomic mass is 16.6. The van der Waals surface area contributed by atoms with Gasteiger partial charge in [-0.3, -0.25) is 9.36 Å². The van der Waals surface area contributed by atoms with Crippen LogP contribution in [0.15, 0.2) is 134 Å². The third kappa shape index (κ3) is 9.41. The lowest BCUT2D eigenvalue weighted by molar-refractivity contribution is -0.264. The smallest absolute Gasteiger partial charge is 0.256 e. The minimum absolute atomic E-state index is 0.0931. The number of anilines is 1. The van der Waals surface area contributed by atoms with Crippen LogP contribution < -0.4 is 5.32 Å². The molecule has 0 aliphatic carbocycles. The Balaban J connectivity index is 1.04. The maximum Gasteiger partial charge on any atom is 0.256 e. The summed E-state index contributed by atoms with van der Waals surface area (Å²) in [6.07, 6.45) is -4.57. The summed E-state index contributed by atoms with van der Waals surface area (Å²) in [7, 11) is 0. The first kappa shape index (κ1) is 40.4. The average Bonchev–Trinajstić information content (AvgIpc) is 3.85. The third-order valence-corrected chi connectivity index (χ3v) is 10.8. The van der Waals surface area contributed by atoms with E-state index in [1.165, 1.54) is 12.7 Å². The maximum absolute atomic E-state index is 13.0. The van der Waals surface area contributed by atoms with Gasteiger partial charge in [-0.1, -0.05) is 109 Å². The number of hydrogen-bond acceptors (Lipinski definition) is 12. The second-order valence-electron chi connectivity index (χ2n) is 14.7. The fraction of sp³-hybridized carbons (Fsp3) is 0.333. The molecule has 4 N–H and O–H groups in total. The number of benzene rings is 4. The highest BCUT2D eigenvalue weighted by Crippen LogP contribution is 2.41. The normalized spacial score (nSPS) is 25.6. The number of amides is 1. The molecule has 8 rings (SSSR count). The maximum atomic E-state index is 13.0. The van der Waals surface area contributed by atoms with Crippen molar-refractivity contribution in [3.8, 4) is 0 Å². The van der Waals surface area contributed by atoms with Gasteiger partial charge >= 0.3 is 0 Å². The van der Waals surface area contributed by atoms with Gasteiger partial charge in [-0.2, -0.15) is 0 Å². The minimum Gasteiger partial charge on any atom is -0.394 e. The van der Waals surface area contributed by atoms with Crippen LogP contribution in [0.5, 0.6) is 0 Å². The molecule has 6 aromatic rings. The molecule has 306 valence electrons. The van der Waals surface area contributed by atoms with Crippen LogP contribution in [0.1, 0.15) is 39.7 Å². The second-order valence-corrected chi connectivity index (χ2v) is 14.7. The van der Waals surface area contributed by atoms with Crippen molar-refractivity contribution in [2.45, 2.75) is 75.2 Å². The van der Waals surface area contributed by atoms with Crippen LogP contribution >= 0.6 is 0 Å². The molecule has 2 aromatic heterocycles. The van der Waals surface area contributed by atoms with Gasteiger partial charge in [0.25, 0.3) is 5.91 Å². The number of carbonyl (C=O) groups excluding carboxylic acids is 1. The largest absolute Gasteiger partial charge is 0.394 e. The number of rotatable bonds is 16. The number of aliphatic hydroxyl groups is 3. The molecule has 0 saturated carbocycles. The molecule has 2 saturated heterocycles. The van der Waals surface area contributed by atoms with Crippen molar-refractivity contribution in [3.63, 3.8) is 0 Å². The highest BCUT2D eigenvalue weighted by Gasteiger charge is 2.51. The SMILES string of the molecule is O=C(Nc1ncnc2c1ncn2[C@@H]1O[C@H](CO)[C@H](C[C@@H]2O[C@H](COCc3ccccc3)[C@@H](OCc3ccccc3)[C@H](OCc3ccccc3)[C@H]2O)[C@H]1O)c1ccccc1. The number of aliphatic hydroxyl groups excluding tert-OH is 3. The van der Waals surface area contributed by atoms with Crippen LogP contribution in [-0.4, -0.2) is 96.7 Å². The predicted octanol–water partition coefficient (Wildman–Crippen LogP) is 4.85. The summed E-state index contributed by atoms with van der Waals surface area (Å²) >= 11 is 0. The summed E-state index contributed by atoms with van der Waals surface area (Å²) in [5.41, 5.74) is 3.90. The van der Waals surface area contributed by atoms with Crippen molar-refractivity contribution in [2.24, 2.45) is 5.92 Å². The zero-order valence-electron chi connectivity index (χ0n) is 32.2. The van der Waals surface area contributed by atoms with Gasteiger partial charge in [-0.25, -0.2) is 15.0 Å². The van der Waals surface area contributed by atoms with Gasteiger partial charge in [0.2, 0.25) is 0 Å². The van der Waals surface area contributed by atoms with Crippen LogP contribution in [0.2, 0.25) is 0 Å². The Labute approximate surface area is 341 Å². The van der Waals surface area contributed by atoms with Gasteiger partial charge in [0.1, 0.15) is 36.8 Å². The first-order valence-electron chi connectivity index (χ1n) is 19.7. The first-order chi connectivity index (χ1) is 29.0. The average molecular weight is 802 g/mol. The molecule has 9 atom stereocenters. The number of aromatic nitrogens is 4. The van der Waals surface area contributed by atoms with Crippen molar-refractivity contribution in [2.75, 3.05) is 18.5 Å². The molecule has 0 unspecified atom stereocenters. The molecule has 59 heavy (non-hydrogen) atoms. The molecule has 14 nitrogen and oxygen atoms in total. The number of imidazole rings is 1. The van der Waals surface area contributed by atoms with Crippen LogP contribution in [-0.2, 0) is 43.5 Å². The highest BCUT2D eigenvalue weighted by molar-refractivity contribution is 6.06. The summed E-state index contributed by atoms with van der Waals surface area (Å²) in [6.45, 7) is 0.496. The fourth-order valence-corrected chi connectivity index (χ4v) is 7.78. The van der Waals surface area contributed by atoms with Crippen molar-refractivity contribution in [1.82, 2.24) is 19.5 Å². The summed E-state index contributed by atoms with van der Waals surface area (Å²) in [5, 5.41) is 37.5. The predicted molar refractivity (Wildman–Crippen MR) is 216 cm³/mol. The topological polar surface area (TPSA) is 180 Å². The number of carbonyl (C=O) groups is 1. The number of fused-ring (bicyclic) bond motifs is 1. The Morgan fingerprint density at radius 3 is 1.90 bits per heavy atom. The lowest BCUT2D eigenvalue weighted by Crippen LogP contribution is -2.61. The number of nitrogens with one attached hydrogen (secondary N) is 1. The zero-order valence-corrected chi connectivity index (χ0v) is 32.2. The molecule has 4 heterocycles. The van der Waals surface area contributed by atoms with Crippen molar-refractivity contribution in [3.05, 3.63) is 156 Å². The van der Waals surface area contributed by atoms with Crippen LogP contribution in [0.4, 0.5) is 5.82 Å². The second kappa shape index (κ2) is 19.1. The van der Waals surface area contributed by atoms with Crippen LogP contribution in [0, 0.1) is 5.92 Å². The van der Waals surface area contributed by atoms with E-state index in [1.54, 1.807) is 28.8 Å². The molecule has 0 radical (unpaired) electrons. The van der Waals surface area contributed by atoms with Gasteiger partial charge in [0.15, 0.2) is 23.2 Å². The molecular weight excluding hydrogens is 755 g/mol. The Morgan fingerprint density at radius 1 is 0.678 bits per heavy atom. The number of ether oxygens (including phenoxy) is 5. The standard InChI is InChI=1S/C45H47N5O9/c51-22-35-33(38(52)45(59-35)50-28-48-37-42(46-27-47-43(37)50)49-44(54)32-19-11-4-12-20-32)21-34-39(53)41(57-25-31-17-9-3-10-18-31)40(56-24-30-15-7-2-8-16-30)36(58-34)26-55-23-29-13-5-1-6-14-29/h1-20,27-28,33-36,38-41,45,51-53H,21-26H2,(H,46,47,49,54)/t33-,34-,35+,36+,38+,39-,40+,41+,45+/m0/s1. The Bertz CT molecular complexity index is 2230.